The van der Waals surface area contributed by atoms with Gasteiger partial charge in [-0.25, -0.2) is 0 Å². The normalized spacial score (nSPS) is 17.2. The van der Waals surface area contributed by atoms with Crippen LogP contribution in [0.15, 0.2) is 54.6 Å². The quantitative estimate of drug-likeness (QED) is 0.921. The first kappa shape index (κ1) is 14.6. The summed E-state index contributed by atoms with van der Waals surface area (Å²) in [7, 11) is 0. The molecule has 0 aromatic heterocycles. The van der Waals surface area contributed by atoms with Gasteiger partial charge < -0.3 is 14.8 Å². The predicted molar refractivity (Wildman–Crippen MR) is 84.2 cm³/mol. The Balaban J connectivity index is 1.61. The van der Waals surface area contributed by atoms with E-state index in [1.807, 2.05) is 42.5 Å². The summed E-state index contributed by atoms with van der Waals surface area (Å²) in [6.45, 7) is 2.18. The van der Waals surface area contributed by atoms with Gasteiger partial charge in [0.25, 0.3) is 5.91 Å². The average Bonchev–Trinajstić information content (AvgIpc) is 3.07. The van der Waals surface area contributed by atoms with Gasteiger partial charge in [-0.2, -0.15) is 0 Å². The summed E-state index contributed by atoms with van der Waals surface area (Å²) in [5.41, 5.74) is 0.604. The number of carbonyl (C=O) groups is 1. The molecule has 4 nitrogen and oxygen atoms in total. The van der Waals surface area contributed by atoms with Gasteiger partial charge in [0, 0.05) is 24.6 Å². The molecule has 0 bridgehead atoms. The van der Waals surface area contributed by atoms with E-state index in [4.69, 9.17) is 9.47 Å². The van der Waals surface area contributed by atoms with Gasteiger partial charge in [-0.15, -0.1) is 0 Å². The number of hydrogen-bond donors (Lipinski definition) is 1. The van der Waals surface area contributed by atoms with Crippen LogP contribution in [0.3, 0.4) is 0 Å². The standard InChI is InChI=1S/C18H19NO3/c20-18(19-12-14-9-10-21-13-14)15-5-4-8-17(11-15)22-16-6-2-1-3-7-16/h1-8,11,14H,9-10,12-13H2,(H,19,20)/t14-/m0/s1. The second-order valence-corrected chi connectivity index (χ2v) is 5.38. The fourth-order valence-corrected chi connectivity index (χ4v) is 2.41. The molecule has 3 rings (SSSR count). The van der Waals surface area contributed by atoms with Crippen molar-refractivity contribution in [3.63, 3.8) is 0 Å². The smallest absolute Gasteiger partial charge is 0.251 e. The highest BCUT2D eigenvalue weighted by Crippen LogP contribution is 2.21. The van der Waals surface area contributed by atoms with Gasteiger partial charge in [0.1, 0.15) is 11.5 Å². The number of hydrogen-bond acceptors (Lipinski definition) is 3. The van der Waals surface area contributed by atoms with E-state index in [0.717, 1.165) is 25.4 Å². The largest absolute Gasteiger partial charge is 0.457 e. The maximum absolute atomic E-state index is 12.2. The predicted octanol–water partition coefficient (Wildman–Crippen LogP) is 3.25. The van der Waals surface area contributed by atoms with Gasteiger partial charge in [0.2, 0.25) is 0 Å². The fourth-order valence-electron chi connectivity index (χ4n) is 2.41. The van der Waals surface area contributed by atoms with Gasteiger partial charge in [-0.05, 0) is 36.8 Å². The number of amides is 1. The van der Waals surface area contributed by atoms with Crippen LogP contribution in [-0.4, -0.2) is 25.7 Å². The Labute approximate surface area is 130 Å². The molecule has 0 saturated carbocycles. The molecule has 0 aliphatic carbocycles. The van der Waals surface area contributed by atoms with Crippen molar-refractivity contribution < 1.29 is 14.3 Å². The van der Waals surface area contributed by atoms with Crippen LogP contribution in [-0.2, 0) is 4.74 Å². The van der Waals surface area contributed by atoms with Crippen molar-refractivity contribution in [2.75, 3.05) is 19.8 Å². The number of benzene rings is 2. The third-order valence-electron chi connectivity index (χ3n) is 3.65. The Morgan fingerprint density at radius 3 is 2.73 bits per heavy atom. The zero-order chi connectivity index (χ0) is 15.2. The van der Waals surface area contributed by atoms with E-state index in [2.05, 4.69) is 5.32 Å². The summed E-state index contributed by atoms with van der Waals surface area (Å²) < 4.78 is 11.1. The molecule has 22 heavy (non-hydrogen) atoms. The van der Waals surface area contributed by atoms with Crippen LogP contribution in [0.25, 0.3) is 0 Å². The van der Waals surface area contributed by atoms with Crippen molar-refractivity contribution in [2.24, 2.45) is 5.92 Å². The molecule has 0 spiro atoms. The summed E-state index contributed by atoms with van der Waals surface area (Å²) in [6.07, 6.45) is 1.01. The molecule has 1 aliphatic heterocycles. The minimum atomic E-state index is -0.0783. The first-order valence-corrected chi connectivity index (χ1v) is 7.50. The number of nitrogens with one attached hydrogen (secondary N) is 1. The first-order chi connectivity index (χ1) is 10.8. The molecule has 1 amide bonds. The monoisotopic (exact) mass is 297 g/mol. The molecular weight excluding hydrogens is 278 g/mol. The molecule has 2 aromatic rings. The minimum absolute atomic E-state index is 0.0783. The Bertz CT molecular complexity index is 621. The van der Waals surface area contributed by atoms with Crippen LogP contribution in [0.5, 0.6) is 11.5 Å². The Kier molecular flexibility index (Phi) is 4.71. The van der Waals surface area contributed by atoms with Gasteiger partial charge in [-0.3, -0.25) is 4.79 Å². The summed E-state index contributed by atoms with van der Waals surface area (Å²) in [5.74, 6) is 1.75. The maximum Gasteiger partial charge on any atom is 0.251 e. The molecule has 114 valence electrons. The van der Waals surface area contributed by atoms with Crippen molar-refractivity contribution in [2.45, 2.75) is 6.42 Å². The number of carbonyl (C=O) groups excluding carboxylic acids is 1. The van der Waals surface area contributed by atoms with E-state index in [0.29, 0.717) is 23.8 Å². The van der Waals surface area contributed by atoms with Gasteiger partial charge in [-0.1, -0.05) is 24.3 Å². The molecule has 2 aromatic carbocycles. The third-order valence-corrected chi connectivity index (χ3v) is 3.65. The highest BCUT2D eigenvalue weighted by Gasteiger charge is 2.16. The summed E-state index contributed by atoms with van der Waals surface area (Å²) >= 11 is 0. The number of para-hydroxylation sites is 1. The van der Waals surface area contributed by atoms with Gasteiger partial charge in [0.15, 0.2) is 0 Å². The molecule has 0 radical (unpaired) electrons. The van der Waals surface area contributed by atoms with E-state index in [1.54, 1.807) is 12.1 Å². The molecular formula is C18H19NO3. The van der Waals surface area contributed by atoms with Crippen LogP contribution in [0.1, 0.15) is 16.8 Å². The van der Waals surface area contributed by atoms with Crippen LogP contribution < -0.4 is 10.1 Å². The highest BCUT2D eigenvalue weighted by molar-refractivity contribution is 5.94. The zero-order valence-electron chi connectivity index (χ0n) is 12.3. The van der Waals surface area contributed by atoms with E-state index >= 15 is 0 Å². The minimum Gasteiger partial charge on any atom is -0.457 e. The Morgan fingerprint density at radius 2 is 1.95 bits per heavy atom. The molecule has 1 N–H and O–H groups in total. The van der Waals surface area contributed by atoms with Crippen molar-refractivity contribution >= 4 is 5.91 Å². The third kappa shape index (κ3) is 3.86. The summed E-state index contributed by atoms with van der Waals surface area (Å²) in [6, 6.07) is 16.7. The average molecular weight is 297 g/mol. The van der Waals surface area contributed by atoms with Crippen molar-refractivity contribution in [1.29, 1.82) is 0 Å². The second kappa shape index (κ2) is 7.09. The summed E-state index contributed by atoms with van der Waals surface area (Å²) in [5, 5.41) is 2.96. The van der Waals surface area contributed by atoms with E-state index in [9.17, 15) is 4.79 Å². The summed E-state index contributed by atoms with van der Waals surface area (Å²) in [4.78, 5) is 12.2. The Morgan fingerprint density at radius 1 is 1.14 bits per heavy atom. The van der Waals surface area contributed by atoms with Crippen molar-refractivity contribution in [1.82, 2.24) is 5.32 Å². The molecule has 1 fully saturated rings. The fraction of sp³-hybridized carbons (Fsp3) is 0.278. The second-order valence-electron chi connectivity index (χ2n) is 5.38. The first-order valence-electron chi connectivity index (χ1n) is 7.50. The SMILES string of the molecule is O=C(NC[C@@H]1CCOC1)c1cccc(Oc2ccccc2)c1. The Hall–Kier alpha value is -2.33. The molecule has 4 heteroatoms. The van der Waals surface area contributed by atoms with Gasteiger partial charge >= 0.3 is 0 Å². The number of ether oxygens (including phenoxy) is 2. The lowest BCUT2D eigenvalue weighted by molar-refractivity contribution is 0.0944. The molecule has 0 unspecified atom stereocenters. The lowest BCUT2D eigenvalue weighted by Gasteiger charge is -2.10. The van der Waals surface area contributed by atoms with Crippen LogP contribution in [0.2, 0.25) is 0 Å². The highest BCUT2D eigenvalue weighted by atomic mass is 16.5. The number of rotatable bonds is 5. The maximum atomic E-state index is 12.2. The topological polar surface area (TPSA) is 47.6 Å². The molecule has 1 aliphatic rings. The van der Waals surface area contributed by atoms with Crippen molar-refractivity contribution in [3.05, 3.63) is 60.2 Å². The van der Waals surface area contributed by atoms with Crippen LogP contribution in [0, 0.1) is 5.92 Å². The van der Waals surface area contributed by atoms with E-state index < -0.39 is 0 Å². The van der Waals surface area contributed by atoms with Crippen molar-refractivity contribution in [3.8, 4) is 11.5 Å². The molecule has 1 atom stereocenters. The van der Waals surface area contributed by atoms with Crippen LogP contribution >= 0.6 is 0 Å². The van der Waals surface area contributed by atoms with Gasteiger partial charge in [0.05, 0.1) is 6.61 Å². The molecule has 1 saturated heterocycles. The zero-order valence-corrected chi connectivity index (χ0v) is 12.3. The van der Waals surface area contributed by atoms with E-state index in [1.165, 1.54) is 0 Å². The lowest BCUT2D eigenvalue weighted by Crippen LogP contribution is -2.29. The molecule has 1 heterocycles. The van der Waals surface area contributed by atoms with Crippen LogP contribution in [0.4, 0.5) is 0 Å². The van der Waals surface area contributed by atoms with E-state index in [-0.39, 0.29) is 5.91 Å². The lowest BCUT2D eigenvalue weighted by atomic mass is 10.1.